The first-order valence-corrected chi connectivity index (χ1v) is 16.3. The van der Waals surface area contributed by atoms with E-state index in [-0.39, 0.29) is 16.7 Å². The fourth-order valence-electron chi connectivity index (χ4n) is 8.98. The van der Waals surface area contributed by atoms with Crippen LogP contribution < -0.4 is 4.90 Å². The first kappa shape index (κ1) is 26.7. The molecule has 0 atom stereocenters. The van der Waals surface area contributed by atoms with Crippen molar-refractivity contribution >= 4 is 11.6 Å². The number of hydrogen-bond donors (Lipinski definition) is 0. The fraction of sp³-hybridized carbons (Fsp3) is 0.571. The molecule has 9 heteroatoms. The van der Waals surface area contributed by atoms with E-state index in [2.05, 4.69) is 11.2 Å². The number of anilines is 1. The van der Waals surface area contributed by atoms with Crippen molar-refractivity contribution in [3.63, 3.8) is 0 Å². The van der Waals surface area contributed by atoms with Gasteiger partial charge in [-0.05, 0) is 94.2 Å². The van der Waals surface area contributed by atoms with Crippen molar-refractivity contribution in [1.29, 1.82) is 5.26 Å². The van der Waals surface area contributed by atoms with E-state index in [1.165, 1.54) is 0 Å². The zero-order valence-corrected chi connectivity index (χ0v) is 24.9. The lowest BCUT2D eigenvalue weighted by molar-refractivity contribution is -0.211. The van der Waals surface area contributed by atoms with E-state index in [0.717, 1.165) is 85.6 Å². The van der Waals surface area contributed by atoms with Gasteiger partial charge in [0.25, 0.3) is 0 Å². The molecule has 4 bridgehead atoms. The molecule has 2 aromatic heterocycles. The van der Waals surface area contributed by atoms with Crippen LogP contribution in [0, 0.1) is 22.2 Å². The summed E-state index contributed by atoms with van der Waals surface area (Å²) in [5.74, 6) is 2.21. The second-order valence-electron chi connectivity index (χ2n) is 14.8. The molecule has 7 aliphatic carbocycles. The number of rotatable bonds is 7. The minimum atomic E-state index is -1.15. The highest BCUT2D eigenvalue weighted by atomic mass is 19.1. The van der Waals surface area contributed by atoms with Gasteiger partial charge in [-0.25, -0.2) is 4.39 Å². The molecule has 3 heterocycles. The molecule has 0 unspecified atom stereocenters. The Bertz CT molecular complexity index is 1690. The van der Waals surface area contributed by atoms with Gasteiger partial charge in [0.1, 0.15) is 11.7 Å². The van der Waals surface area contributed by atoms with Crippen LogP contribution >= 0.6 is 0 Å². The van der Waals surface area contributed by atoms with Gasteiger partial charge in [-0.3, -0.25) is 9.78 Å². The fourth-order valence-corrected chi connectivity index (χ4v) is 8.98. The number of fused-ring (bicyclic) bond motifs is 4. The van der Waals surface area contributed by atoms with E-state index in [0.29, 0.717) is 62.6 Å². The van der Waals surface area contributed by atoms with Crippen molar-refractivity contribution in [3.05, 3.63) is 58.9 Å². The maximum atomic E-state index is 14.7. The lowest BCUT2D eigenvalue weighted by Crippen LogP contribution is -2.71. The molecule has 8 nitrogen and oxygen atoms in total. The predicted molar refractivity (Wildman–Crippen MR) is 158 cm³/mol. The molecular formula is C35H36FN5O3. The van der Waals surface area contributed by atoms with Crippen molar-refractivity contribution in [2.24, 2.45) is 10.8 Å². The zero-order chi connectivity index (χ0) is 29.7. The average molecular weight is 594 g/mol. The van der Waals surface area contributed by atoms with Gasteiger partial charge in [0.05, 0.1) is 29.9 Å². The molecule has 0 radical (unpaired) electrons. The van der Waals surface area contributed by atoms with Crippen molar-refractivity contribution in [2.45, 2.75) is 101 Å². The quantitative estimate of drug-likeness (QED) is 0.309. The van der Waals surface area contributed by atoms with Crippen LogP contribution in [0.3, 0.4) is 0 Å². The molecule has 226 valence electrons. The second-order valence-corrected chi connectivity index (χ2v) is 14.8. The summed E-state index contributed by atoms with van der Waals surface area (Å²) in [6.45, 7) is 1.70. The molecule has 7 fully saturated rings. The Morgan fingerprint density at radius 2 is 1.84 bits per heavy atom. The van der Waals surface area contributed by atoms with Crippen LogP contribution in [0.25, 0.3) is 11.3 Å². The van der Waals surface area contributed by atoms with E-state index >= 15 is 0 Å². The third-order valence-electron chi connectivity index (χ3n) is 11.9. The number of hydrogen-bond acceptors (Lipinski definition) is 7. The summed E-state index contributed by atoms with van der Waals surface area (Å²) in [6.07, 6.45) is 9.93. The molecule has 3 aromatic rings. The van der Waals surface area contributed by atoms with Gasteiger partial charge < -0.3 is 14.2 Å². The topological polar surface area (TPSA) is 105 Å². The first-order chi connectivity index (χ1) is 21.3. The third-order valence-corrected chi connectivity index (χ3v) is 11.9. The lowest BCUT2D eigenvalue weighted by atomic mass is 9.41. The minimum Gasteiger partial charge on any atom is -0.376 e. The highest BCUT2D eigenvalue weighted by Crippen LogP contribution is 2.70. The average Bonchev–Trinajstić information content (AvgIpc) is 3.77. The molecule has 8 aliphatic rings. The minimum absolute atomic E-state index is 0.00835. The van der Waals surface area contributed by atoms with Crippen LogP contribution in [0.1, 0.15) is 105 Å². The van der Waals surface area contributed by atoms with E-state index in [9.17, 15) is 14.4 Å². The third kappa shape index (κ3) is 4.02. The van der Waals surface area contributed by atoms with Gasteiger partial charge in [-0.1, -0.05) is 17.3 Å². The van der Waals surface area contributed by atoms with Crippen LogP contribution in [0.15, 0.2) is 34.9 Å². The van der Waals surface area contributed by atoms with Crippen molar-refractivity contribution < 1.29 is 18.4 Å². The van der Waals surface area contributed by atoms with Crippen LogP contribution in [-0.2, 0) is 28.0 Å². The zero-order valence-electron chi connectivity index (χ0n) is 24.9. The van der Waals surface area contributed by atoms with Crippen LogP contribution in [-0.4, -0.2) is 39.9 Å². The van der Waals surface area contributed by atoms with E-state index in [1.807, 2.05) is 35.2 Å². The Labute approximate surface area is 256 Å². The number of carbonyl (C=O) groups is 1. The predicted octanol–water partition coefficient (Wildman–Crippen LogP) is 6.47. The molecule has 0 spiro atoms. The van der Waals surface area contributed by atoms with Gasteiger partial charge in [0.15, 0.2) is 5.82 Å². The van der Waals surface area contributed by atoms with Crippen molar-refractivity contribution in [2.75, 3.05) is 18.1 Å². The number of alkyl halides is 1. The number of benzene rings is 1. The molecule has 0 N–H and O–H groups in total. The molecule has 11 rings (SSSR count). The number of amides is 1. The van der Waals surface area contributed by atoms with Gasteiger partial charge in [0.2, 0.25) is 11.8 Å². The monoisotopic (exact) mass is 593 g/mol. The molecule has 7 saturated carbocycles. The molecule has 1 aromatic carbocycles. The Balaban J connectivity index is 1.03. The molecule has 1 aliphatic heterocycles. The number of aromatic nitrogens is 3. The van der Waals surface area contributed by atoms with E-state index in [1.54, 1.807) is 0 Å². The maximum Gasteiger partial charge on any atom is 0.233 e. The van der Waals surface area contributed by atoms with Gasteiger partial charge in [-0.15, -0.1) is 0 Å². The highest BCUT2D eigenvalue weighted by molar-refractivity contribution is 6.00. The van der Waals surface area contributed by atoms with E-state index in [4.69, 9.17) is 19.2 Å². The largest absolute Gasteiger partial charge is 0.376 e. The summed E-state index contributed by atoms with van der Waals surface area (Å²) < 4.78 is 26.1. The number of nitrogens with zero attached hydrogens (tertiary/aromatic N) is 5. The van der Waals surface area contributed by atoms with E-state index < -0.39 is 11.1 Å². The number of carbonyl (C=O) groups excluding carboxylic acids is 1. The molecular weight excluding hydrogens is 557 g/mol. The van der Waals surface area contributed by atoms with Gasteiger partial charge in [0, 0.05) is 46.8 Å². The number of halogens is 1. The van der Waals surface area contributed by atoms with Gasteiger partial charge >= 0.3 is 0 Å². The number of pyridine rings is 1. The summed E-state index contributed by atoms with van der Waals surface area (Å²) >= 11 is 0. The highest BCUT2D eigenvalue weighted by Gasteiger charge is 2.73. The normalized spacial score (nSPS) is 33.1. The Morgan fingerprint density at radius 3 is 2.55 bits per heavy atom. The van der Waals surface area contributed by atoms with Crippen LogP contribution in [0.2, 0.25) is 0 Å². The lowest BCUT2D eigenvalue weighted by Gasteiger charge is -2.65. The van der Waals surface area contributed by atoms with Crippen molar-refractivity contribution in [3.8, 4) is 17.3 Å². The number of ether oxygens (including phenoxy) is 1. The van der Waals surface area contributed by atoms with Gasteiger partial charge in [-0.2, -0.15) is 10.2 Å². The standard InChI is InChI=1S/C35H36FN5O3/c36-35-18-34(19-35,20-35)31(42)41(21-32-7-10-33(11-8-32,12-9-32)30-39-29(40-44-30)22-4-5-22)26-3-1-2-23(15-26)28-24(16-37)14-25-17-43-13-6-27(25)38-28/h1-3,14-15,22H,4-13,17-21H2. The Hall–Kier alpha value is -3.64. The summed E-state index contributed by atoms with van der Waals surface area (Å²) in [6, 6.07) is 12.1. The Morgan fingerprint density at radius 1 is 1.07 bits per heavy atom. The summed E-state index contributed by atoms with van der Waals surface area (Å²) in [5, 5.41) is 14.3. The second kappa shape index (κ2) is 9.20. The number of nitriles is 1. The maximum absolute atomic E-state index is 14.7. The summed E-state index contributed by atoms with van der Waals surface area (Å²) in [5.41, 5.74) is 2.88. The molecule has 44 heavy (non-hydrogen) atoms. The Kier molecular flexibility index (Phi) is 5.59. The van der Waals surface area contributed by atoms with Crippen LogP contribution in [0.4, 0.5) is 10.1 Å². The van der Waals surface area contributed by atoms with Crippen LogP contribution in [0.5, 0.6) is 0 Å². The smallest absolute Gasteiger partial charge is 0.233 e. The molecule has 1 amide bonds. The molecule has 0 saturated heterocycles. The first-order valence-electron chi connectivity index (χ1n) is 16.3. The SMILES string of the molecule is N#Cc1cc2c(nc1-c1cccc(N(CC34CCC(c5nc(C6CC6)no5)(CC3)CC4)C(=O)C34CC(F)(C3)C4)c1)CCOC2. The summed E-state index contributed by atoms with van der Waals surface area (Å²) in [7, 11) is 0. The summed E-state index contributed by atoms with van der Waals surface area (Å²) in [4.78, 5) is 26.1. The van der Waals surface area contributed by atoms with Crippen molar-refractivity contribution in [1.82, 2.24) is 15.1 Å².